The first-order valence-corrected chi connectivity index (χ1v) is 22.3. The van der Waals surface area contributed by atoms with Crippen LogP contribution in [0.4, 0.5) is 34.1 Å². The van der Waals surface area contributed by atoms with Gasteiger partial charge in [0.1, 0.15) is 0 Å². The van der Waals surface area contributed by atoms with Crippen molar-refractivity contribution in [2.45, 2.75) is 37.5 Å². The van der Waals surface area contributed by atoms with Crippen LogP contribution in [0.3, 0.4) is 0 Å². The molecule has 4 bridgehead atoms. The van der Waals surface area contributed by atoms with Gasteiger partial charge in [-0.1, -0.05) is 127 Å². The monoisotopic (exact) mass is 787 g/mol. The molecule has 0 saturated heterocycles. The second kappa shape index (κ2) is 14.7. The summed E-state index contributed by atoms with van der Waals surface area (Å²) in [5.41, 5.74) is 13.5. The molecule has 4 fully saturated rings. The number of aromatic nitrogens is 1. The molecule has 0 atom stereocenters. The van der Waals surface area contributed by atoms with Crippen molar-refractivity contribution in [3.8, 4) is 5.69 Å². The summed E-state index contributed by atoms with van der Waals surface area (Å²) in [6.07, 6.45) is 6.76. The first-order chi connectivity index (χ1) is 30.2. The number of benzene rings is 8. The minimum atomic E-state index is -0.0217. The van der Waals surface area contributed by atoms with Crippen LogP contribution in [-0.2, 0) is 5.41 Å². The van der Waals surface area contributed by atoms with Gasteiger partial charge in [0.25, 0.3) is 0 Å². The molecule has 4 aliphatic rings. The highest BCUT2D eigenvalue weighted by Gasteiger charge is 2.58. The average molecular weight is 788 g/mol. The van der Waals surface area contributed by atoms with E-state index in [1.165, 1.54) is 87.8 Å². The molecule has 3 nitrogen and oxygen atoms in total. The molecular formula is C58H49N3. The van der Waals surface area contributed by atoms with Gasteiger partial charge in [0.05, 0.1) is 16.7 Å². The minimum absolute atomic E-state index is 0.0217. The van der Waals surface area contributed by atoms with Gasteiger partial charge in [0, 0.05) is 50.3 Å². The second-order valence-corrected chi connectivity index (χ2v) is 17.8. The van der Waals surface area contributed by atoms with E-state index in [4.69, 9.17) is 0 Å². The van der Waals surface area contributed by atoms with Crippen LogP contribution in [0.15, 0.2) is 212 Å². The summed E-state index contributed by atoms with van der Waals surface area (Å²) in [5, 5.41) is 2.51. The summed E-state index contributed by atoms with van der Waals surface area (Å²) in [5.74, 6) is 3.01. The molecule has 4 aliphatic carbocycles. The fraction of sp³-hybridized carbons (Fsp3) is 0.172. The van der Waals surface area contributed by atoms with Crippen molar-refractivity contribution in [1.82, 2.24) is 4.57 Å². The van der Waals surface area contributed by atoms with Gasteiger partial charge in [-0.05, 0) is 152 Å². The van der Waals surface area contributed by atoms with Gasteiger partial charge >= 0.3 is 0 Å². The number of nitrogens with zero attached hydrogens (tertiary/aromatic N) is 3. The van der Waals surface area contributed by atoms with E-state index in [-0.39, 0.29) is 5.41 Å². The quantitative estimate of drug-likeness (QED) is 0.144. The summed E-state index contributed by atoms with van der Waals surface area (Å²) in [4.78, 5) is 4.86. The average Bonchev–Trinajstić information content (AvgIpc) is 3.66. The van der Waals surface area contributed by atoms with Gasteiger partial charge in [0.15, 0.2) is 0 Å². The van der Waals surface area contributed by atoms with Crippen molar-refractivity contribution in [2.75, 3.05) is 9.80 Å². The van der Waals surface area contributed by atoms with Crippen LogP contribution >= 0.6 is 0 Å². The van der Waals surface area contributed by atoms with Crippen LogP contribution in [0.2, 0.25) is 0 Å². The highest BCUT2D eigenvalue weighted by atomic mass is 15.2. The van der Waals surface area contributed by atoms with Gasteiger partial charge in [-0.3, -0.25) is 0 Å². The van der Waals surface area contributed by atoms with E-state index in [1.807, 2.05) is 0 Å². The van der Waals surface area contributed by atoms with Crippen molar-refractivity contribution in [3.05, 3.63) is 223 Å². The van der Waals surface area contributed by atoms with Crippen LogP contribution in [0.1, 0.15) is 43.2 Å². The summed E-state index contributed by atoms with van der Waals surface area (Å²) in [6.45, 7) is 0. The fourth-order valence-corrected chi connectivity index (χ4v) is 12.4. The Kier molecular flexibility index (Phi) is 8.69. The van der Waals surface area contributed by atoms with E-state index in [0.717, 1.165) is 28.9 Å². The number of hydrogen-bond donors (Lipinski definition) is 0. The molecule has 1 heterocycles. The molecule has 0 radical (unpaired) electrons. The Bertz CT molecular complexity index is 2890. The third kappa shape index (κ3) is 5.85. The molecule has 0 aliphatic heterocycles. The van der Waals surface area contributed by atoms with Gasteiger partial charge < -0.3 is 14.4 Å². The summed E-state index contributed by atoms with van der Waals surface area (Å²) in [6, 6.07) is 78.6. The van der Waals surface area contributed by atoms with Crippen molar-refractivity contribution in [2.24, 2.45) is 23.7 Å². The molecule has 4 saturated carbocycles. The van der Waals surface area contributed by atoms with E-state index in [0.29, 0.717) is 11.8 Å². The zero-order valence-corrected chi connectivity index (χ0v) is 34.4. The first kappa shape index (κ1) is 36.0. The van der Waals surface area contributed by atoms with Gasteiger partial charge in [0.2, 0.25) is 0 Å². The van der Waals surface area contributed by atoms with Crippen LogP contribution in [-0.4, -0.2) is 4.57 Å². The van der Waals surface area contributed by atoms with E-state index < -0.39 is 0 Å². The van der Waals surface area contributed by atoms with Gasteiger partial charge in [-0.2, -0.15) is 0 Å². The topological polar surface area (TPSA) is 11.4 Å². The lowest BCUT2D eigenvalue weighted by molar-refractivity contribution is -0.0418. The molecule has 1 aromatic heterocycles. The SMILES string of the molecule is c1ccc(N(c2ccccc2)c2ccc(C3(c4ccc(N(c5ccccc5)c5cccc6c7ccccc7n(-c7ccccc7)c56)cc4)C4CC5CC(C4)CC3C5)cc2)cc1. The van der Waals surface area contributed by atoms with E-state index in [2.05, 4.69) is 227 Å². The predicted molar refractivity (Wildman–Crippen MR) is 254 cm³/mol. The third-order valence-corrected chi connectivity index (χ3v) is 14.6. The lowest BCUT2D eigenvalue weighted by atomic mass is 9.42. The molecule has 0 unspecified atom stereocenters. The third-order valence-electron chi connectivity index (χ3n) is 14.6. The summed E-state index contributed by atoms with van der Waals surface area (Å²) < 4.78 is 2.45. The Labute approximate surface area is 359 Å². The van der Waals surface area contributed by atoms with Crippen molar-refractivity contribution < 1.29 is 0 Å². The second-order valence-electron chi connectivity index (χ2n) is 17.8. The van der Waals surface area contributed by atoms with Crippen LogP contribution in [0.5, 0.6) is 0 Å². The molecule has 296 valence electrons. The van der Waals surface area contributed by atoms with Crippen molar-refractivity contribution in [1.29, 1.82) is 0 Å². The molecule has 0 spiro atoms. The Balaban J connectivity index is 1.00. The zero-order valence-electron chi connectivity index (χ0n) is 34.4. The highest BCUT2D eigenvalue weighted by Crippen LogP contribution is 2.65. The van der Waals surface area contributed by atoms with E-state index >= 15 is 0 Å². The van der Waals surface area contributed by atoms with Crippen LogP contribution in [0, 0.1) is 23.7 Å². The summed E-state index contributed by atoms with van der Waals surface area (Å²) >= 11 is 0. The molecule has 0 N–H and O–H groups in total. The first-order valence-electron chi connectivity index (χ1n) is 22.3. The number of para-hydroxylation sites is 6. The maximum Gasteiger partial charge on any atom is 0.0782 e. The minimum Gasteiger partial charge on any atom is -0.311 e. The lowest BCUT2D eigenvalue weighted by Gasteiger charge is -2.62. The highest BCUT2D eigenvalue weighted by molar-refractivity contribution is 6.14. The molecule has 13 rings (SSSR count). The van der Waals surface area contributed by atoms with Gasteiger partial charge in [-0.25, -0.2) is 0 Å². The van der Waals surface area contributed by atoms with Crippen LogP contribution < -0.4 is 9.80 Å². The van der Waals surface area contributed by atoms with E-state index in [9.17, 15) is 0 Å². The molecule has 0 amide bonds. The fourth-order valence-electron chi connectivity index (χ4n) is 12.4. The Morgan fingerprint density at radius 1 is 0.361 bits per heavy atom. The molecule has 3 heteroatoms. The Hall–Kier alpha value is -6.84. The number of anilines is 6. The Morgan fingerprint density at radius 2 is 0.787 bits per heavy atom. The molecular weight excluding hydrogens is 739 g/mol. The van der Waals surface area contributed by atoms with Crippen LogP contribution in [0.25, 0.3) is 27.5 Å². The molecule has 8 aromatic carbocycles. The van der Waals surface area contributed by atoms with Crippen molar-refractivity contribution in [3.63, 3.8) is 0 Å². The Morgan fingerprint density at radius 3 is 1.33 bits per heavy atom. The predicted octanol–water partition coefficient (Wildman–Crippen LogP) is 15.5. The maximum atomic E-state index is 2.51. The van der Waals surface area contributed by atoms with Crippen molar-refractivity contribution >= 4 is 55.9 Å². The molecule has 9 aromatic rings. The normalized spacial score (nSPS) is 21.5. The summed E-state index contributed by atoms with van der Waals surface area (Å²) in [7, 11) is 0. The smallest absolute Gasteiger partial charge is 0.0782 e. The number of fused-ring (bicyclic) bond motifs is 3. The zero-order chi connectivity index (χ0) is 40.3. The number of rotatable bonds is 9. The standard InChI is InChI=1S/C58H49N3/c1-5-16-47(17-6-1)59(48-18-7-2-8-19-48)51-32-28-43(29-33-51)58(45-37-41-36-42(39-45)40-46(58)38-41)44-30-34-52(35-31-44)60(49-20-9-3-10-21-49)56-27-15-25-54-53-24-13-14-26-55(53)61(57(54)56)50-22-11-4-12-23-50/h1-35,41-42,45-46H,36-40H2. The molecule has 61 heavy (non-hydrogen) atoms. The largest absolute Gasteiger partial charge is 0.311 e. The number of hydrogen-bond acceptors (Lipinski definition) is 2. The van der Waals surface area contributed by atoms with Gasteiger partial charge in [-0.15, -0.1) is 0 Å². The lowest BCUT2D eigenvalue weighted by Crippen LogP contribution is -2.56. The maximum absolute atomic E-state index is 2.51. The van der Waals surface area contributed by atoms with E-state index in [1.54, 1.807) is 0 Å².